The Morgan fingerprint density at radius 1 is 1.10 bits per heavy atom. The van der Waals surface area contributed by atoms with E-state index in [2.05, 4.69) is 5.10 Å². The van der Waals surface area contributed by atoms with Crippen LogP contribution in [0.5, 0.6) is 5.75 Å². The zero-order chi connectivity index (χ0) is 28.6. The number of benzene rings is 3. The van der Waals surface area contributed by atoms with Crippen LogP contribution in [0.25, 0.3) is 32.8 Å². The molecule has 0 atom stereocenters. The van der Waals surface area contributed by atoms with Crippen molar-refractivity contribution in [2.75, 3.05) is 6.61 Å². The number of aliphatic hydroxyl groups is 1. The van der Waals surface area contributed by atoms with Crippen molar-refractivity contribution < 1.29 is 24.1 Å². The number of carbonyl (C=O) groups is 1. The van der Waals surface area contributed by atoms with Gasteiger partial charge >= 0.3 is 5.97 Å². The fourth-order valence-corrected chi connectivity index (χ4v) is 6.00. The van der Waals surface area contributed by atoms with Gasteiger partial charge in [0.1, 0.15) is 17.3 Å². The number of rotatable bonds is 10. The summed E-state index contributed by atoms with van der Waals surface area (Å²) in [5.41, 5.74) is 4.48. The molecular weight excluding hydrogens is 533 g/mol. The van der Waals surface area contributed by atoms with Crippen molar-refractivity contribution >= 4 is 39.2 Å². The molecule has 5 rings (SSSR count). The van der Waals surface area contributed by atoms with Gasteiger partial charge in [-0.05, 0) is 67.5 Å². The van der Waals surface area contributed by atoms with E-state index in [1.807, 2.05) is 45.2 Å². The summed E-state index contributed by atoms with van der Waals surface area (Å²) >= 11 is 6.80. The Kier molecular flexibility index (Phi) is 7.83. The minimum absolute atomic E-state index is 0.217. The lowest BCUT2D eigenvalue weighted by molar-refractivity contribution is 0.0684. The molecule has 2 heterocycles. The maximum Gasteiger partial charge on any atom is 0.352 e. The molecule has 208 valence electrons. The largest absolute Gasteiger partial charge is 0.493 e. The molecule has 0 unspecified atom stereocenters. The van der Waals surface area contributed by atoms with Gasteiger partial charge in [-0.1, -0.05) is 36.7 Å². The van der Waals surface area contributed by atoms with Gasteiger partial charge in [0.15, 0.2) is 0 Å². The summed E-state index contributed by atoms with van der Waals surface area (Å²) in [7, 11) is 1.83. The van der Waals surface area contributed by atoms with Crippen LogP contribution in [0.2, 0.25) is 5.02 Å². The number of halogens is 2. The lowest BCUT2D eigenvalue weighted by atomic mass is 9.97. The quantitative estimate of drug-likeness (QED) is 0.183. The Labute approximate surface area is 236 Å². The van der Waals surface area contributed by atoms with Gasteiger partial charge in [-0.2, -0.15) is 5.10 Å². The van der Waals surface area contributed by atoms with Crippen molar-refractivity contribution in [3.05, 3.63) is 82.0 Å². The molecule has 0 aliphatic heterocycles. The van der Waals surface area contributed by atoms with Crippen LogP contribution in [0, 0.1) is 5.82 Å². The van der Waals surface area contributed by atoms with E-state index in [1.54, 1.807) is 21.4 Å². The number of aryl methyl sites for hydroxylation is 3. The molecule has 0 fully saturated rings. The molecule has 5 aromatic rings. The van der Waals surface area contributed by atoms with Crippen LogP contribution in [0.1, 0.15) is 47.7 Å². The summed E-state index contributed by atoms with van der Waals surface area (Å²) in [5.74, 6) is -0.668. The highest BCUT2D eigenvalue weighted by atomic mass is 35.5. The van der Waals surface area contributed by atoms with Crippen molar-refractivity contribution in [3.63, 3.8) is 0 Å². The van der Waals surface area contributed by atoms with Crippen LogP contribution >= 0.6 is 11.6 Å². The second-order valence-electron chi connectivity index (χ2n) is 9.67. The molecule has 7 nitrogen and oxygen atoms in total. The highest BCUT2D eigenvalue weighted by Crippen LogP contribution is 2.42. The maximum absolute atomic E-state index is 13.7. The van der Waals surface area contributed by atoms with Crippen molar-refractivity contribution in [3.8, 4) is 16.9 Å². The third kappa shape index (κ3) is 4.71. The third-order valence-corrected chi connectivity index (χ3v) is 7.72. The second kappa shape index (κ2) is 11.3. The van der Waals surface area contributed by atoms with E-state index >= 15 is 0 Å². The molecule has 2 aromatic heterocycles. The average molecular weight is 564 g/mol. The molecule has 0 saturated heterocycles. The number of aromatic nitrogens is 3. The van der Waals surface area contributed by atoms with Crippen molar-refractivity contribution in [1.29, 1.82) is 0 Å². The van der Waals surface area contributed by atoms with Gasteiger partial charge in [-0.3, -0.25) is 4.68 Å². The normalized spacial score (nSPS) is 11.6. The van der Waals surface area contributed by atoms with Crippen LogP contribution in [0.15, 0.2) is 48.5 Å². The summed E-state index contributed by atoms with van der Waals surface area (Å²) in [4.78, 5) is 12.6. The van der Waals surface area contributed by atoms with Gasteiger partial charge < -0.3 is 19.5 Å². The fourth-order valence-electron chi connectivity index (χ4n) is 5.75. The number of nitrogens with zero attached hydrogens (tertiary/aromatic N) is 3. The molecule has 0 aliphatic carbocycles. The summed E-state index contributed by atoms with van der Waals surface area (Å²) in [5, 5.41) is 27.8. The summed E-state index contributed by atoms with van der Waals surface area (Å²) in [6, 6.07) is 13.7. The van der Waals surface area contributed by atoms with Crippen molar-refractivity contribution in [2.45, 2.75) is 46.3 Å². The van der Waals surface area contributed by atoms with Crippen LogP contribution in [-0.4, -0.2) is 37.1 Å². The molecule has 40 heavy (non-hydrogen) atoms. The van der Waals surface area contributed by atoms with E-state index < -0.39 is 5.97 Å². The van der Waals surface area contributed by atoms with Crippen LogP contribution in [0.3, 0.4) is 0 Å². The van der Waals surface area contributed by atoms with E-state index in [0.29, 0.717) is 60.0 Å². The lowest BCUT2D eigenvalue weighted by Gasteiger charge is -2.13. The first-order valence-electron chi connectivity index (χ1n) is 13.3. The topological polar surface area (TPSA) is 89.5 Å². The summed E-state index contributed by atoms with van der Waals surface area (Å²) in [6.07, 6.45) is 1.69. The molecule has 0 bridgehead atoms. The Hall–Kier alpha value is -3.88. The first kappa shape index (κ1) is 27.7. The number of carboxylic acids is 1. The SMILES string of the molecule is CCc1c(-c2c(Cl)ccc3c(CCCOc4cccc5cc(F)ccc45)c(C(=O)O)n(CC)c23)c(CO)nn1C. The highest BCUT2D eigenvalue weighted by Gasteiger charge is 2.28. The maximum atomic E-state index is 13.7. The monoisotopic (exact) mass is 563 g/mol. The summed E-state index contributed by atoms with van der Waals surface area (Å²) < 4.78 is 23.3. The molecular formula is C31H31ClFN3O4. The van der Waals surface area contributed by atoms with Gasteiger partial charge in [0.05, 0.1) is 29.4 Å². The smallest absolute Gasteiger partial charge is 0.352 e. The Morgan fingerprint density at radius 2 is 1.88 bits per heavy atom. The highest BCUT2D eigenvalue weighted by molar-refractivity contribution is 6.35. The first-order chi connectivity index (χ1) is 19.3. The predicted molar refractivity (Wildman–Crippen MR) is 155 cm³/mol. The van der Waals surface area contributed by atoms with Gasteiger partial charge in [0.2, 0.25) is 0 Å². The molecule has 9 heteroatoms. The molecule has 0 spiro atoms. The minimum Gasteiger partial charge on any atom is -0.493 e. The van der Waals surface area contributed by atoms with E-state index in [9.17, 15) is 19.4 Å². The second-order valence-corrected chi connectivity index (χ2v) is 10.1. The van der Waals surface area contributed by atoms with Crippen molar-refractivity contribution in [1.82, 2.24) is 14.3 Å². The van der Waals surface area contributed by atoms with Crippen LogP contribution in [-0.2, 0) is 33.0 Å². The Morgan fingerprint density at radius 3 is 2.58 bits per heavy atom. The number of fused-ring (bicyclic) bond motifs is 2. The Balaban J connectivity index is 1.55. The predicted octanol–water partition coefficient (Wildman–Crippen LogP) is 6.77. The zero-order valence-corrected chi connectivity index (χ0v) is 23.4. The van der Waals surface area contributed by atoms with Gasteiger partial charge in [-0.15, -0.1) is 0 Å². The molecule has 0 aliphatic rings. The molecule has 0 saturated carbocycles. The number of hydrogen-bond acceptors (Lipinski definition) is 4. The van der Waals surface area contributed by atoms with Crippen molar-refractivity contribution in [2.24, 2.45) is 7.05 Å². The minimum atomic E-state index is -1.02. The van der Waals surface area contributed by atoms with E-state index in [0.717, 1.165) is 32.9 Å². The van der Waals surface area contributed by atoms with Crippen LogP contribution in [0.4, 0.5) is 4.39 Å². The molecule has 2 N–H and O–H groups in total. The van der Waals surface area contributed by atoms with E-state index in [4.69, 9.17) is 16.3 Å². The molecule has 0 amide bonds. The fraction of sp³-hybridized carbons (Fsp3) is 0.290. The first-order valence-corrected chi connectivity index (χ1v) is 13.7. The van der Waals surface area contributed by atoms with Gasteiger partial charge in [0, 0.05) is 41.2 Å². The van der Waals surface area contributed by atoms with E-state index in [1.165, 1.54) is 12.1 Å². The zero-order valence-electron chi connectivity index (χ0n) is 22.7. The summed E-state index contributed by atoms with van der Waals surface area (Å²) in [6.45, 7) is 4.43. The number of carboxylic acid groups (broad SMARTS) is 1. The van der Waals surface area contributed by atoms with Gasteiger partial charge in [-0.25, -0.2) is 9.18 Å². The molecule has 0 radical (unpaired) electrons. The molecule has 3 aromatic carbocycles. The Bertz CT molecular complexity index is 1740. The third-order valence-electron chi connectivity index (χ3n) is 7.40. The number of ether oxygens (including phenoxy) is 1. The average Bonchev–Trinajstić information content (AvgIpc) is 3.44. The van der Waals surface area contributed by atoms with E-state index in [-0.39, 0.29) is 18.1 Å². The lowest BCUT2D eigenvalue weighted by Crippen LogP contribution is -2.11. The number of aromatic carboxylic acids is 1. The standard InChI is InChI=1S/C31H31ClFN3O4/c1-4-25-28(24(17-37)34-35(25)3)27-23(32)14-13-22-21(30(31(38)39)36(5-2)29(22)27)9-7-15-40-26-10-6-8-18-16-19(33)11-12-20(18)26/h6,8,10-14,16,37H,4-5,7,9,15,17H2,1-3H3,(H,38,39). The number of aliphatic hydroxyl groups excluding tert-OH is 1. The van der Waals surface area contributed by atoms with Gasteiger partial charge in [0.25, 0.3) is 0 Å². The van der Waals surface area contributed by atoms with Crippen LogP contribution < -0.4 is 4.74 Å². The number of hydrogen-bond donors (Lipinski definition) is 2.